The van der Waals surface area contributed by atoms with Crippen LogP contribution in [-0.4, -0.2) is 57.0 Å². The van der Waals surface area contributed by atoms with Crippen LogP contribution in [0.4, 0.5) is 8.78 Å². The van der Waals surface area contributed by atoms with Crippen LogP contribution < -0.4 is 5.73 Å². The molecule has 2 aliphatic heterocycles. The highest BCUT2D eigenvalue weighted by Gasteiger charge is 2.71. The average molecular weight is 496 g/mol. The minimum absolute atomic E-state index is 0.00901. The number of benzene rings is 1. The summed E-state index contributed by atoms with van der Waals surface area (Å²) in [6, 6.07) is 4.29. The van der Waals surface area contributed by atoms with Crippen molar-refractivity contribution in [1.29, 1.82) is 0 Å². The molecule has 1 aromatic carbocycles. The molecule has 3 atom stereocenters. The van der Waals surface area contributed by atoms with E-state index in [1.807, 2.05) is 0 Å². The lowest BCUT2D eigenvalue weighted by atomic mass is 9.84. The van der Waals surface area contributed by atoms with Gasteiger partial charge >= 0.3 is 0 Å². The second-order valence-electron chi connectivity index (χ2n) is 8.91. The van der Waals surface area contributed by atoms with Crippen molar-refractivity contribution in [1.82, 2.24) is 14.9 Å². The first kappa shape index (κ1) is 23.5. The predicted molar refractivity (Wildman–Crippen MR) is 130 cm³/mol. The molecule has 1 saturated carbocycles. The molecule has 1 aromatic heterocycles. The van der Waals surface area contributed by atoms with E-state index < -0.39 is 21.9 Å². The minimum Gasteiger partial charge on any atom is -0.378 e. The van der Waals surface area contributed by atoms with E-state index in [0.29, 0.717) is 44.0 Å². The standard InChI is InChI=1S/C25H23F2N5O2S/c1-3-16-13-30-20(14-29-16)19(27)11-15-4-5-18(26)17(10-15)24(2)21-12-25(21,35-23(28)31-24)22(33)32-6-8-34-9-7-32/h1,4-5,10-11,13-14,21H,6-9,12H2,2H3,(H2,28,31)/t21-,24+,25-/m0/s1. The lowest BCUT2D eigenvalue weighted by molar-refractivity contribution is -0.135. The van der Waals surface area contributed by atoms with Gasteiger partial charge in [0, 0.05) is 24.6 Å². The van der Waals surface area contributed by atoms with Crippen molar-refractivity contribution in [3.05, 3.63) is 58.9 Å². The number of morpholine rings is 1. The Labute approximate surface area is 205 Å². The first-order valence-corrected chi connectivity index (χ1v) is 12.0. The summed E-state index contributed by atoms with van der Waals surface area (Å²) < 4.78 is 34.6. The number of aromatic nitrogens is 2. The summed E-state index contributed by atoms with van der Waals surface area (Å²) >= 11 is 1.25. The van der Waals surface area contributed by atoms with Crippen LogP contribution in [-0.2, 0) is 15.1 Å². The van der Waals surface area contributed by atoms with Crippen molar-refractivity contribution < 1.29 is 18.3 Å². The van der Waals surface area contributed by atoms with Gasteiger partial charge in [-0.1, -0.05) is 17.8 Å². The van der Waals surface area contributed by atoms with Gasteiger partial charge in [-0.05, 0) is 43.0 Å². The monoisotopic (exact) mass is 495 g/mol. The Balaban J connectivity index is 1.47. The lowest BCUT2D eigenvalue weighted by Crippen LogP contribution is -2.49. The molecule has 2 aromatic rings. The number of thioether (sulfide) groups is 1. The highest BCUT2D eigenvalue weighted by molar-refractivity contribution is 8.15. The van der Waals surface area contributed by atoms with E-state index in [2.05, 4.69) is 20.9 Å². The van der Waals surface area contributed by atoms with E-state index in [1.54, 1.807) is 17.9 Å². The van der Waals surface area contributed by atoms with Crippen LogP contribution >= 0.6 is 11.8 Å². The van der Waals surface area contributed by atoms with Crippen LogP contribution in [0.2, 0.25) is 0 Å². The number of terminal acetylenes is 1. The predicted octanol–water partition coefficient (Wildman–Crippen LogP) is 2.96. The number of amides is 1. The van der Waals surface area contributed by atoms with Gasteiger partial charge in [-0.15, -0.1) is 6.42 Å². The number of rotatable bonds is 4. The molecule has 0 bridgehead atoms. The Morgan fingerprint density at radius 3 is 2.80 bits per heavy atom. The number of fused-ring (bicyclic) bond motifs is 1. The zero-order valence-corrected chi connectivity index (χ0v) is 19.8. The van der Waals surface area contributed by atoms with Crippen molar-refractivity contribution in [2.75, 3.05) is 26.3 Å². The number of hydrogen-bond donors (Lipinski definition) is 1. The number of ether oxygens (including phenoxy) is 1. The molecule has 10 heteroatoms. The zero-order chi connectivity index (χ0) is 24.8. The smallest absolute Gasteiger partial charge is 0.239 e. The van der Waals surface area contributed by atoms with Gasteiger partial charge in [0.1, 0.15) is 22.0 Å². The molecular weight excluding hydrogens is 472 g/mol. The molecule has 2 fully saturated rings. The molecule has 3 aliphatic rings. The van der Waals surface area contributed by atoms with Gasteiger partial charge in [0.15, 0.2) is 11.0 Å². The van der Waals surface area contributed by atoms with E-state index in [-0.39, 0.29) is 28.3 Å². The summed E-state index contributed by atoms with van der Waals surface area (Å²) in [5.74, 6) is 0.923. The van der Waals surface area contributed by atoms with E-state index in [0.717, 1.165) is 0 Å². The summed E-state index contributed by atoms with van der Waals surface area (Å²) in [6.45, 7) is 3.79. The quantitative estimate of drug-likeness (QED) is 0.656. The van der Waals surface area contributed by atoms with Crippen LogP contribution in [0.25, 0.3) is 11.9 Å². The van der Waals surface area contributed by atoms with Crippen LogP contribution in [0.3, 0.4) is 0 Å². The summed E-state index contributed by atoms with van der Waals surface area (Å²) in [6.07, 6.45) is 9.58. The fourth-order valence-electron chi connectivity index (χ4n) is 4.85. The average Bonchev–Trinajstić information content (AvgIpc) is 3.62. The largest absolute Gasteiger partial charge is 0.378 e. The number of nitrogens with two attached hydrogens (primary N) is 1. The number of amidine groups is 1. The molecule has 7 nitrogen and oxygen atoms in total. The minimum atomic E-state index is -1.07. The van der Waals surface area contributed by atoms with Gasteiger partial charge in [0.05, 0.1) is 31.1 Å². The molecular formula is C25H23F2N5O2S. The SMILES string of the molecule is C#Cc1cnc(C(F)=Cc2ccc(F)c([C@@]3(C)N=C(N)S[C@@]4(C(=O)N5CCOCC5)C[C@H]43)c2)cn1. The Bertz CT molecular complexity index is 1290. The first-order chi connectivity index (χ1) is 16.8. The molecule has 1 amide bonds. The fraction of sp³-hybridized carbons (Fsp3) is 0.360. The molecule has 180 valence electrons. The van der Waals surface area contributed by atoms with Crippen molar-refractivity contribution >= 4 is 34.7 Å². The molecule has 3 heterocycles. The fourth-order valence-corrected chi connectivity index (χ4v) is 6.30. The Morgan fingerprint density at radius 2 is 2.11 bits per heavy atom. The number of halogens is 2. The van der Waals surface area contributed by atoms with Gasteiger partial charge in [-0.2, -0.15) is 0 Å². The summed E-state index contributed by atoms with van der Waals surface area (Å²) in [4.78, 5) is 27.8. The number of nitrogens with zero attached hydrogens (tertiary/aromatic N) is 4. The maximum atomic E-state index is 15.2. The van der Waals surface area contributed by atoms with Crippen molar-refractivity contribution in [2.24, 2.45) is 16.6 Å². The van der Waals surface area contributed by atoms with Crippen LogP contribution in [0, 0.1) is 24.1 Å². The number of carbonyl (C=O) groups is 1. The maximum absolute atomic E-state index is 15.2. The van der Waals surface area contributed by atoms with Crippen molar-refractivity contribution in [2.45, 2.75) is 23.6 Å². The Morgan fingerprint density at radius 1 is 1.34 bits per heavy atom. The number of carbonyl (C=O) groups excluding carboxylic acids is 1. The summed E-state index contributed by atoms with van der Waals surface area (Å²) in [5, 5.41) is 0.235. The van der Waals surface area contributed by atoms with Crippen molar-refractivity contribution in [3.63, 3.8) is 0 Å². The van der Waals surface area contributed by atoms with Gasteiger partial charge in [-0.3, -0.25) is 9.79 Å². The highest BCUT2D eigenvalue weighted by atomic mass is 32.2. The second-order valence-corrected chi connectivity index (χ2v) is 10.3. The third kappa shape index (κ3) is 4.09. The Hall–Kier alpha value is -3.29. The molecule has 1 saturated heterocycles. The first-order valence-electron chi connectivity index (χ1n) is 11.1. The third-order valence-corrected chi connectivity index (χ3v) is 8.04. The normalized spacial score (nSPS) is 28.1. The van der Waals surface area contributed by atoms with Crippen LogP contribution in [0.1, 0.15) is 35.9 Å². The van der Waals surface area contributed by atoms with Gasteiger partial charge in [0.2, 0.25) is 5.91 Å². The van der Waals surface area contributed by atoms with Gasteiger partial charge < -0.3 is 15.4 Å². The van der Waals surface area contributed by atoms with Gasteiger partial charge in [0.25, 0.3) is 0 Å². The summed E-state index contributed by atoms with van der Waals surface area (Å²) in [5.41, 5.74) is 6.09. The van der Waals surface area contributed by atoms with E-state index >= 15 is 4.39 Å². The molecule has 1 aliphatic carbocycles. The maximum Gasteiger partial charge on any atom is 0.239 e. The third-order valence-electron chi connectivity index (χ3n) is 6.75. The molecule has 0 unspecified atom stereocenters. The summed E-state index contributed by atoms with van der Waals surface area (Å²) in [7, 11) is 0. The molecule has 35 heavy (non-hydrogen) atoms. The molecule has 0 radical (unpaired) electrons. The van der Waals surface area contributed by atoms with E-state index in [9.17, 15) is 9.18 Å². The van der Waals surface area contributed by atoms with Crippen LogP contribution in [0.15, 0.2) is 35.6 Å². The molecule has 5 rings (SSSR count). The van der Waals surface area contributed by atoms with E-state index in [1.165, 1.54) is 42.4 Å². The number of hydrogen-bond acceptors (Lipinski definition) is 7. The van der Waals surface area contributed by atoms with E-state index in [4.69, 9.17) is 16.9 Å². The van der Waals surface area contributed by atoms with Crippen LogP contribution in [0.5, 0.6) is 0 Å². The van der Waals surface area contributed by atoms with Crippen molar-refractivity contribution in [3.8, 4) is 12.3 Å². The lowest BCUT2D eigenvalue weighted by Gasteiger charge is -2.36. The zero-order valence-electron chi connectivity index (χ0n) is 19.0. The Kier molecular flexibility index (Phi) is 5.85. The molecule has 0 spiro atoms. The number of aliphatic imine (C=N–C) groups is 1. The molecule has 2 N–H and O–H groups in total. The highest BCUT2D eigenvalue weighted by Crippen LogP contribution is 2.66. The topological polar surface area (TPSA) is 93.7 Å². The van der Waals surface area contributed by atoms with Gasteiger partial charge in [-0.25, -0.2) is 18.7 Å². The second kappa shape index (κ2) is 8.73.